The Kier molecular flexibility index (Phi) is 7.26. The van der Waals surface area contributed by atoms with Crippen LogP contribution in [0.1, 0.15) is 6.42 Å². The molecule has 2 rings (SSSR count). The molecule has 2 aromatic carbocycles. The Morgan fingerprint density at radius 3 is 1.83 bits per heavy atom. The predicted molar refractivity (Wildman–Crippen MR) is 117 cm³/mol. The number of allylic oxidation sites excluding steroid dienone is 4. The van der Waals surface area contributed by atoms with E-state index < -0.39 is 7.26 Å². The van der Waals surface area contributed by atoms with Crippen LogP contribution >= 0.6 is 29.9 Å². The van der Waals surface area contributed by atoms with Gasteiger partial charge in [-0.05, 0) is 0 Å². The van der Waals surface area contributed by atoms with E-state index in [1.807, 2.05) is 12.2 Å². The molecule has 0 aliphatic rings. The third kappa shape index (κ3) is 4.02. The Balaban J connectivity index is 2.75. The molecule has 2 aromatic rings. The van der Waals surface area contributed by atoms with Gasteiger partial charge in [0.05, 0.1) is 0 Å². The van der Waals surface area contributed by atoms with Crippen LogP contribution in [0.5, 0.6) is 0 Å². The van der Waals surface area contributed by atoms with Crippen molar-refractivity contribution >= 4 is 40.5 Å². The van der Waals surface area contributed by atoms with Crippen molar-refractivity contribution in [3.63, 3.8) is 0 Å². The summed E-state index contributed by atoms with van der Waals surface area (Å²) < 4.78 is 1.17. The topological polar surface area (TPSA) is 0 Å². The van der Waals surface area contributed by atoms with Crippen molar-refractivity contribution in [1.82, 2.24) is 0 Å². The van der Waals surface area contributed by atoms with Gasteiger partial charge < -0.3 is 0 Å². The average molecular weight is 434 g/mol. The van der Waals surface area contributed by atoms with Gasteiger partial charge in [-0.25, -0.2) is 0 Å². The number of benzene rings is 2. The first-order valence-corrected chi connectivity index (χ1v) is 11.7. The number of hydrogen-bond donors (Lipinski definition) is 0. The van der Waals surface area contributed by atoms with Crippen LogP contribution in [0.4, 0.5) is 0 Å². The minimum absolute atomic E-state index is 1.17. The van der Waals surface area contributed by atoms with E-state index in [4.69, 9.17) is 0 Å². The zero-order valence-electron chi connectivity index (χ0n) is 13.4. The number of alkyl halides is 1. The Morgan fingerprint density at radius 1 is 0.913 bits per heavy atom. The van der Waals surface area contributed by atoms with Crippen molar-refractivity contribution in [1.29, 1.82) is 0 Å². The van der Waals surface area contributed by atoms with Crippen LogP contribution in [0, 0.1) is 0 Å². The Hall–Kier alpha value is -1.18. The fraction of sp³-hybridized carbons (Fsp3) is 0.143. The van der Waals surface area contributed by atoms with Crippen LogP contribution in [0.3, 0.4) is 0 Å². The van der Waals surface area contributed by atoms with Crippen LogP contribution in [-0.4, -0.2) is 10.6 Å². The SMILES string of the molecule is C=C/C=C(\C=C)[PH](CCCI)(c1ccccc1)c1ccccc1. The number of halogens is 1. The Bertz CT molecular complexity index is 619. The van der Waals surface area contributed by atoms with E-state index in [-0.39, 0.29) is 0 Å². The van der Waals surface area contributed by atoms with E-state index in [2.05, 4.69) is 102 Å². The normalized spacial score (nSPS) is 12.7. The third-order valence-corrected chi connectivity index (χ3v) is 10.1. The van der Waals surface area contributed by atoms with E-state index in [0.717, 1.165) is 0 Å². The maximum absolute atomic E-state index is 4.12. The first kappa shape index (κ1) is 18.2. The van der Waals surface area contributed by atoms with Crippen molar-refractivity contribution in [2.24, 2.45) is 0 Å². The minimum atomic E-state index is -2.05. The molecule has 0 aliphatic carbocycles. The molecule has 0 radical (unpaired) electrons. The monoisotopic (exact) mass is 434 g/mol. The van der Waals surface area contributed by atoms with Crippen molar-refractivity contribution in [3.8, 4) is 0 Å². The van der Waals surface area contributed by atoms with Gasteiger partial charge in [0.25, 0.3) is 0 Å². The van der Waals surface area contributed by atoms with Crippen LogP contribution in [-0.2, 0) is 0 Å². The summed E-state index contributed by atoms with van der Waals surface area (Å²) >= 11 is 2.48. The van der Waals surface area contributed by atoms with Crippen molar-refractivity contribution in [2.45, 2.75) is 6.42 Å². The van der Waals surface area contributed by atoms with Crippen LogP contribution in [0.15, 0.2) is 97.4 Å². The fourth-order valence-corrected chi connectivity index (χ4v) is 9.17. The molecule has 0 fully saturated rings. The quantitative estimate of drug-likeness (QED) is 0.224. The standard InChI is InChI=1S/C21H24IP/c1-3-12-19(4-2)23(18-11-17-22,20-13-7-5-8-14-20)21-15-9-6-10-16-21/h3-10,12-16,23H,1-2,11,17-18H2/b19-12+. The summed E-state index contributed by atoms with van der Waals surface area (Å²) in [5.74, 6) is 0. The van der Waals surface area contributed by atoms with Gasteiger partial charge in [-0.3, -0.25) is 0 Å². The predicted octanol–water partition coefficient (Wildman–Crippen LogP) is 5.47. The van der Waals surface area contributed by atoms with E-state index in [1.54, 1.807) is 0 Å². The zero-order valence-corrected chi connectivity index (χ0v) is 16.6. The summed E-state index contributed by atoms with van der Waals surface area (Å²) in [4.78, 5) is 0. The summed E-state index contributed by atoms with van der Waals surface area (Å²) in [6.07, 6.45) is 8.50. The van der Waals surface area contributed by atoms with Gasteiger partial charge >= 0.3 is 155 Å². The summed E-state index contributed by atoms with van der Waals surface area (Å²) in [6.45, 7) is 8.05. The number of hydrogen-bond acceptors (Lipinski definition) is 0. The van der Waals surface area contributed by atoms with Crippen LogP contribution < -0.4 is 10.6 Å². The molecule has 120 valence electrons. The third-order valence-electron chi connectivity index (χ3n) is 4.23. The second-order valence-electron chi connectivity index (χ2n) is 5.49. The first-order chi connectivity index (χ1) is 11.3. The van der Waals surface area contributed by atoms with Gasteiger partial charge in [-0.1, -0.05) is 0 Å². The number of rotatable bonds is 8. The van der Waals surface area contributed by atoms with Gasteiger partial charge in [-0.2, -0.15) is 0 Å². The molecule has 0 N–H and O–H groups in total. The molecule has 0 aliphatic heterocycles. The van der Waals surface area contributed by atoms with E-state index >= 15 is 0 Å². The average Bonchev–Trinajstić information content (AvgIpc) is 2.63. The van der Waals surface area contributed by atoms with E-state index in [1.165, 1.54) is 32.9 Å². The van der Waals surface area contributed by atoms with Gasteiger partial charge in [0, 0.05) is 0 Å². The molecule has 23 heavy (non-hydrogen) atoms. The van der Waals surface area contributed by atoms with Gasteiger partial charge in [0.15, 0.2) is 0 Å². The zero-order chi connectivity index (χ0) is 16.5. The second kappa shape index (κ2) is 9.20. The first-order valence-electron chi connectivity index (χ1n) is 7.92. The van der Waals surface area contributed by atoms with Crippen molar-refractivity contribution in [2.75, 3.05) is 10.6 Å². The van der Waals surface area contributed by atoms with E-state index in [0.29, 0.717) is 0 Å². The molecule has 0 saturated carbocycles. The summed E-state index contributed by atoms with van der Waals surface area (Å²) in [5.41, 5.74) is 0. The van der Waals surface area contributed by atoms with Crippen LogP contribution in [0.2, 0.25) is 0 Å². The maximum atomic E-state index is 4.12. The molecule has 0 saturated heterocycles. The molecule has 0 spiro atoms. The molecular formula is C21H24IP. The Morgan fingerprint density at radius 2 is 1.43 bits per heavy atom. The summed E-state index contributed by atoms with van der Waals surface area (Å²) in [7, 11) is -2.05. The van der Waals surface area contributed by atoms with E-state index in [9.17, 15) is 0 Å². The van der Waals surface area contributed by atoms with Gasteiger partial charge in [-0.15, -0.1) is 0 Å². The molecule has 0 amide bonds. The fourth-order valence-electron chi connectivity index (χ4n) is 3.22. The molecule has 0 bridgehead atoms. The Labute approximate surface area is 154 Å². The molecule has 0 aromatic heterocycles. The molecule has 2 heteroatoms. The molecule has 0 heterocycles. The molecule has 0 atom stereocenters. The molecule has 0 nitrogen and oxygen atoms in total. The molecule has 0 unspecified atom stereocenters. The summed E-state index contributed by atoms with van der Waals surface area (Å²) in [5, 5.41) is 4.24. The summed E-state index contributed by atoms with van der Waals surface area (Å²) in [6, 6.07) is 21.9. The molecular weight excluding hydrogens is 410 g/mol. The van der Waals surface area contributed by atoms with Crippen LogP contribution in [0.25, 0.3) is 0 Å². The van der Waals surface area contributed by atoms with Gasteiger partial charge in [0.1, 0.15) is 0 Å². The van der Waals surface area contributed by atoms with Crippen molar-refractivity contribution in [3.05, 3.63) is 97.4 Å². The van der Waals surface area contributed by atoms with Gasteiger partial charge in [0.2, 0.25) is 0 Å². The second-order valence-corrected chi connectivity index (χ2v) is 10.6. The van der Waals surface area contributed by atoms with Crippen molar-refractivity contribution < 1.29 is 0 Å².